The Labute approximate surface area is 105 Å². The second kappa shape index (κ2) is 6.50. The number of thioether (sulfide) groups is 1. The van der Waals surface area contributed by atoms with Crippen LogP contribution in [0.15, 0.2) is 29.2 Å². The topological polar surface area (TPSA) is 41.1 Å². The van der Waals surface area contributed by atoms with E-state index in [1.165, 1.54) is 11.8 Å². The molecule has 1 rings (SSSR count). The number of thiocarbonyl (C=S) groups is 1. The number of carbonyl (C=O) groups is 1. The highest BCUT2D eigenvalue weighted by Crippen LogP contribution is 2.23. The van der Waals surface area contributed by atoms with Crippen molar-refractivity contribution in [3.05, 3.63) is 29.8 Å². The van der Waals surface area contributed by atoms with E-state index in [0.29, 0.717) is 16.4 Å². The van der Waals surface area contributed by atoms with Crippen molar-refractivity contribution in [3.8, 4) is 0 Å². The van der Waals surface area contributed by atoms with Crippen LogP contribution in [0.1, 0.15) is 17.3 Å². The lowest BCUT2D eigenvalue weighted by Crippen LogP contribution is -2.23. The van der Waals surface area contributed by atoms with Crippen molar-refractivity contribution >= 4 is 34.2 Å². The number of carbonyl (C=O) groups excluding carboxylic acids is 1. The highest BCUT2D eigenvalue weighted by Gasteiger charge is 2.11. The second-order valence-electron chi connectivity index (χ2n) is 3.00. The molecular formula is C11H14N2OS2. The summed E-state index contributed by atoms with van der Waals surface area (Å²) < 4.78 is 0.650. The number of hydrogen-bond donors (Lipinski definition) is 2. The normalized spacial score (nSPS) is 9.62. The molecule has 1 aromatic rings. The third-order valence-corrected chi connectivity index (χ3v) is 3.30. The Morgan fingerprint density at radius 3 is 2.75 bits per heavy atom. The predicted octanol–water partition coefficient (Wildman–Crippen LogP) is 2.03. The van der Waals surface area contributed by atoms with Gasteiger partial charge in [0, 0.05) is 18.5 Å². The minimum Gasteiger partial charge on any atom is -0.374 e. The van der Waals surface area contributed by atoms with Gasteiger partial charge in [-0.2, -0.15) is 0 Å². The molecule has 0 saturated carbocycles. The largest absolute Gasteiger partial charge is 0.374 e. The van der Waals surface area contributed by atoms with Gasteiger partial charge in [-0.25, -0.2) is 0 Å². The van der Waals surface area contributed by atoms with Gasteiger partial charge in [-0.05, 0) is 19.1 Å². The second-order valence-corrected chi connectivity index (χ2v) is 4.71. The van der Waals surface area contributed by atoms with E-state index in [2.05, 4.69) is 10.6 Å². The summed E-state index contributed by atoms with van der Waals surface area (Å²) in [4.78, 5) is 12.6. The molecule has 0 aliphatic heterocycles. The monoisotopic (exact) mass is 254 g/mol. The molecule has 0 atom stereocenters. The molecule has 0 spiro atoms. The molecule has 0 bridgehead atoms. The molecule has 0 aliphatic rings. The van der Waals surface area contributed by atoms with Crippen LogP contribution in [-0.4, -0.2) is 23.8 Å². The van der Waals surface area contributed by atoms with E-state index in [4.69, 9.17) is 12.2 Å². The van der Waals surface area contributed by atoms with E-state index in [-0.39, 0.29) is 5.91 Å². The van der Waals surface area contributed by atoms with E-state index < -0.39 is 0 Å². The maximum absolute atomic E-state index is 11.7. The maximum atomic E-state index is 11.7. The fourth-order valence-corrected chi connectivity index (χ4v) is 2.14. The molecule has 2 N–H and O–H groups in total. The summed E-state index contributed by atoms with van der Waals surface area (Å²) in [7, 11) is 1.77. The van der Waals surface area contributed by atoms with Gasteiger partial charge in [0.25, 0.3) is 5.91 Å². The number of hydrogen-bond acceptors (Lipinski definition) is 3. The number of nitrogens with one attached hydrogen (secondary N) is 2. The van der Waals surface area contributed by atoms with Gasteiger partial charge in [-0.3, -0.25) is 4.79 Å². The van der Waals surface area contributed by atoms with E-state index in [9.17, 15) is 4.79 Å². The molecule has 0 radical (unpaired) electrons. The van der Waals surface area contributed by atoms with Crippen LogP contribution >= 0.6 is 24.0 Å². The van der Waals surface area contributed by atoms with E-state index in [1.807, 2.05) is 25.1 Å². The molecule has 86 valence electrons. The minimum atomic E-state index is -0.0653. The van der Waals surface area contributed by atoms with E-state index >= 15 is 0 Å². The molecule has 0 aromatic heterocycles. The lowest BCUT2D eigenvalue weighted by Gasteiger charge is -2.08. The van der Waals surface area contributed by atoms with Crippen molar-refractivity contribution < 1.29 is 4.79 Å². The third-order valence-electron chi connectivity index (χ3n) is 1.88. The fraction of sp³-hybridized carbons (Fsp3) is 0.273. The Kier molecular flexibility index (Phi) is 5.28. The van der Waals surface area contributed by atoms with Gasteiger partial charge in [-0.15, -0.1) is 0 Å². The number of amides is 1. The quantitative estimate of drug-likeness (QED) is 0.640. The van der Waals surface area contributed by atoms with Gasteiger partial charge in [0.2, 0.25) is 0 Å². The molecule has 5 heteroatoms. The fourth-order valence-electron chi connectivity index (χ4n) is 1.15. The van der Waals surface area contributed by atoms with Crippen LogP contribution in [0, 0.1) is 0 Å². The van der Waals surface area contributed by atoms with Crippen LogP contribution < -0.4 is 10.6 Å². The van der Waals surface area contributed by atoms with Crippen LogP contribution in [0.25, 0.3) is 0 Å². The average molecular weight is 254 g/mol. The van der Waals surface area contributed by atoms with Crippen molar-refractivity contribution in [3.63, 3.8) is 0 Å². The zero-order valence-electron chi connectivity index (χ0n) is 9.24. The minimum absolute atomic E-state index is 0.0653. The maximum Gasteiger partial charge on any atom is 0.252 e. The summed E-state index contributed by atoms with van der Waals surface area (Å²) in [6, 6.07) is 7.42. The first-order valence-corrected chi connectivity index (χ1v) is 6.18. The standard InChI is InChI=1S/C11H14N2OS2/c1-3-13-10(14)8-6-4-5-7-9(8)16-11(15)12-2/h4-7H,3H2,1-2H3,(H,12,15)(H,13,14). The zero-order chi connectivity index (χ0) is 12.0. The first-order chi connectivity index (χ1) is 7.69. The molecule has 1 aromatic carbocycles. The molecule has 0 unspecified atom stereocenters. The highest BCUT2D eigenvalue weighted by molar-refractivity contribution is 8.23. The number of benzene rings is 1. The SMILES string of the molecule is CCNC(=O)c1ccccc1SC(=S)NC. The summed E-state index contributed by atoms with van der Waals surface area (Å²) in [5.74, 6) is -0.0653. The van der Waals surface area contributed by atoms with Crippen LogP contribution in [0.2, 0.25) is 0 Å². The summed E-state index contributed by atoms with van der Waals surface area (Å²) in [6.07, 6.45) is 0. The van der Waals surface area contributed by atoms with Crippen LogP contribution in [0.4, 0.5) is 0 Å². The Balaban J connectivity index is 2.91. The van der Waals surface area contributed by atoms with Gasteiger partial charge in [-0.1, -0.05) is 36.1 Å². The molecule has 1 amide bonds. The van der Waals surface area contributed by atoms with Gasteiger partial charge >= 0.3 is 0 Å². The highest BCUT2D eigenvalue weighted by atomic mass is 32.2. The van der Waals surface area contributed by atoms with E-state index in [1.54, 1.807) is 13.1 Å². The Morgan fingerprint density at radius 1 is 1.44 bits per heavy atom. The van der Waals surface area contributed by atoms with Gasteiger partial charge in [0.05, 0.1) is 5.56 Å². The lowest BCUT2D eigenvalue weighted by molar-refractivity contribution is 0.0953. The zero-order valence-corrected chi connectivity index (χ0v) is 10.9. The molecular weight excluding hydrogens is 240 g/mol. The van der Waals surface area contributed by atoms with Crippen molar-refractivity contribution in [2.75, 3.05) is 13.6 Å². The molecule has 3 nitrogen and oxygen atoms in total. The summed E-state index contributed by atoms with van der Waals surface area (Å²) in [5.41, 5.74) is 0.659. The predicted molar refractivity (Wildman–Crippen MR) is 72.0 cm³/mol. The summed E-state index contributed by atoms with van der Waals surface area (Å²) >= 11 is 6.45. The van der Waals surface area contributed by atoms with Crippen molar-refractivity contribution in [1.82, 2.24) is 10.6 Å². The van der Waals surface area contributed by atoms with Crippen molar-refractivity contribution in [1.29, 1.82) is 0 Å². The molecule has 0 fully saturated rings. The Morgan fingerprint density at radius 2 is 2.12 bits per heavy atom. The molecule has 0 heterocycles. The molecule has 16 heavy (non-hydrogen) atoms. The van der Waals surface area contributed by atoms with Crippen molar-refractivity contribution in [2.45, 2.75) is 11.8 Å². The van der Waals surface area contributed by atoms with Crippen LogP contribution in [0.3, 0.4) is 0 Å². The van der Waals surface area contributed by atoms with Gasteiger partial charge in [0.15, 0.2) is 0 Å². The van der Waals surface area contributed by atoms with Crippen molar-refractivity contribution in [2.24, 2.45) is 0 Å². The first kappa shape index (κ1) is 13.0. The van der Waals surface area contributed by atoms with E-state index in [0.717, 1.165) is 4.90 Å². The van der Waals surface area contributed by atoms with Gasteiger partial charge < -0.3 is 10.6 Å². The molecule has 0 aliphatic carbocycles. The van der Waals surface area contributed by atoms with Crippen LogP contribution in [-0.2, 0) is 0 Å². The average Bonchev–Trinajstić information content (AvgIpc) is 2.30. The smallest absolute Gasteiger partial charge is 0.252 e. The first-order valence-electron chi connectivity index (χ1n) is 4.95. The molecule has 0 saturated heterocycles. The summed E-state index contributed by atoms with van der Waals surface area (Å²) in [5, 5.41) is 5.65. The summed E-state index contributed by atoms with van der Waals surface area (Å²) in [6.45, 7) is 2.51. The Hall–Kier alpha value is -1.07. The lowest BCUT2D eigenvalue weighted by atomic mass is 10.2. The third kappa shape index (κ3) is 3.50. The van der Waals surface area contributed by atoms with Gasteiger partial charge in [0.1, 0.15) is 4.32 Å². The number of rotatable bonds is 3. The van der Waals surface area contributed by atoms with Crippen LogP contribution in [0.5, 0.6) is 0 Å². The Bertz CT molecular complexity index is 393.